The van der Waals surface area contributed by atoms with Gasteiger partial charge in [-0.05, 0) is 32.9 Å². The molecule has 25 heavy (non-hydrogen) atoms. The Morgan fingerprint density at radius 2 is 1.76 bits per heavy atom. The number of imide groups is 1. The number of ether oxygens (including phenoxy) is 1. The van der Waals surface area contributed by atoms with Crippen molar-refractivity contribution in [2.45, 2.75) is 44.6 Å². The van der Waals surface area contributed by atoms with E-state index in [-0.39, 0.29) is 30.4 Å². The highest BCUT2D eigenvalue weighted by atomic mass is 32.2. The molecule has 0 radical (unpaired) electrons. The summed E-state index contributed by atoms with van der Waals surface area (Å²) in [6.45, 7) is 7.43. The van der Waals surface area contributed by atoms with Crippen molar-refractivity contribution in [2.75, 3.05) is 18.0 Å². The molecule has 0 aliphatic carbocycles. The van der Waals surface area contributed by atoms with Gasteiger partial charge in [-0.3, -0.25) is 9.59 Å². The summed E-state index contributed by atoms with van der Waals surface area (Å²) in [6.07, 6.45) is 0.395. The molecule has 0 unspecified atom stereocenters. The Kier molecular flexibility index (Phi) is 5.46. The van der Waals surface area contributed by atoms with E-state index in [2.05, 4.69) is 4.90 Å². The van der Waals surface area contributed by atoms with Gasteiger partial charge >= 0.3 is 0 Å². The second-order valence-corrected chi connectivity index (χ2v) is 8.48. The first-order valence-corrected chi connectivity index (χ1v) is 9.68. The molecule has 0 N–H and O–H groups in total. The lowest BCUT2D eigenvalue weighted by atomic mass is 10.2. The maximum atomic E-state index is 12.7. The highest BCUT2D eigenvalue weighted by molar-refractivity contribution is 8.23. The Morgan fingerprint density at radius 3 is 2.36 bits per heavy atom. The summed E-state index contributed by atoms with van der Waals surface area (Å²) in [5.74, 6) is -0.353. The lowest BCUT2D eigenvalue weighted by Gasteiger charge is -2.36. The number of anilines is 1. The molecular formula is C18H22N2O3S2. The minimum absolute atomic E-state index is 0.104. The van der Waals surface area contributed by atoms with Gasteiger partial charge < -0.3 is 9.64 Å². The van der Waals surface area contributed by atoms with Crippen molar-refractivity contribution in [3.8, 4) is 0 Å². The topological polar surface area (TPSA) is 49.9 Å². The van der Waals surface area contributed by atoms with Crippen molar-refractivity contribution >= 4 is 45.8 Å². The van der Waals surface area contributed by atoms with Crippen molar-refractivity contribution in [3.63, 3.8) is 0 Å². The monoisotopic (exact) mass is 378 g/mol. The van der Waals surface area contributed by atoms with E-state index in [0.717, 1.165) is 5.56 Å². The number of carbonyl (C=O) groups is 2. The highest BCUT2D eigenvalue weighted by Crippen LogP contribution is 2.32. The SMILES string of the molecule is Cc1ccc(N2C(=O)C[C@H](SC(=S)N3C[C@@H](C)O[C@@H](C)C3)C2=O)cc1. The summed E-state index contributed by atoms with van der Waals surface area (Å²) >= 11 is 6.85. The van der Waals surface area contributed by atoms with Gasteiger partial charge in [0.05, 0.1) is 17.9 Å². The first-order valence-electron chi connectivity index (χ1n) is 8.39. The van der Waals surface area contributed by atoms with Crippen LogP contribution in [0.15, 0.2) is 24.3 Å². The minimum atomic E-state index is -0.449. The van der Waals surface area contributed by atoms with Gasteiger partial charge in [-0.25, -0.2) is 4.90 Å². The molecule has 0 spiro atoms. The van der Waals surface area contributed by atoms with Crippen LogP contribution < -0.4 is 4.90 Å². The van der Waals surface area contributed by atoms with Crippen LogP contribution in [0.2, 0.25) is 0 Å². The Bertz CT molecular complexity index is 682. The fraction of sp³-hybridized carbons (Fsp3) is 0.500. The number of thioether (sulfide) groups is 1. The molecule has 3 atom stereocenters. The van der Waals surface area contributed by atoms with Gasteiger partial charge in [-0.15, -0.1) is 0 Å². The average Bonchev–Trinajstić information content (AvgIpc) is 2.81. The standard InChI is InChI=1S/C18H22N2O3S2/c1-11-4-6-14(7-5-11)20-16(21)8-15(17(20)22)25-18(24)19-9-12(2)23-13(3)10-19/h4-7,12-13,15H,8-10H2,1-3H3/t12-,13+,15-/m0/s1. The van der Waals surface area contributed by atoms with Gasteiger partial charge in [0, 0.05) is 19.5 Å². The summed E-state index contributed by atoms with van der Waals surface area (Å²) in [4.78, 5) is 28.4. The van der Waals surface area contributed by atoms with Crippen molar-refractivity contribution in [1.29, 1.82) is 0 Å². The first kappa shape index (κ1) is 18.4. The summed E-state index contributed by atoms with van der Waals surface area (Å²) in [7, 11) is 0. The summed E-state index contributed by atoms with van der Waals surface area (Å²) in [5, 5.41) is -0.449. The maximum Gasteiger partial charge on any atom is 0.247 e. The van der Waals surface area contributed by atoms with Gasteiger partial charge in [-0.2, -0.15) is 0 Å². The lowest BCUT2D eigenvalue weighted by Crippen LogP contribution is -2.47. The van der Waals surface area contributed by atoms with Gasteiger partial charge in [-0.1, -0.05) is 41.7 Å². The van der Waals surface area contributed by atoms with Crippen LogP contribution in [0.1, 0.15) is 25.8 Å². The van der Waals surface area contributed by atoms with E-state index < -0.39 is 5.25 Å². The van der Waals surface area contributed by atoms with Crippen molar-refractivity contribution in [2.24, 2.45) is 0 Å². The second-order valence-electron chi connectivity index (χ2n) is 6.64. The molecule has 2 fully saturated rings. The van der Waals surface area contributed by atoms with Crippen LogP contribution in [0, 0.1) is 6.92 Å². The lowest BCUT2D eigenvalue weighted by molar-refractivity contribution is -0.121. The number of nitrogens with zero attached hydrogens (tertiary/aromatic N) is 2. The van der Waals surface area contributed by atoms with Gasteiger partial charge in [0.2, 0.25) is 11.8 Å². The molecule has 2 aliphatic heterocycles. The van der Waals surface area contributed by atoms with E-state index in [1.165, 1.54) is 16.7 Å². The van der Waals surface area contributed by atoms with Crippen LogP contribution in [-0.2, 0) is 14.3 Å². The Morgan fingerprint density at radius 1 is 1.16 bits per heavy atom. The summed E-state index contributed by atoms with van der Waals surface area (Å²) in [6, 6.07) is 7.42. The molecule has 2 saturated heterocycles. The molecule has 134 valence electrons. The Hall–Kier alpha value is -1.44. The highest BCUT2D eigenvalue weighted by Gasteiger charge is 2.41. The van der Waals surface area contributed by atoms with E-state index in [9.17, 15) is 9.59 Å². The molecule has 2 amide bonds. The number of thiocarbonyl (C=S) groups is 1. The number of morpholine rings is 1. The zero-order valence-electron chi connectivity index (χ0n) is 14.6. The van der Waals surface area contributed by atoms with Crippen molar-refractivity contribution in [3.05, 3.63) is 29.8 Å². The Labute approximate surface area is 157 Å². The number of hydrogen-bond donors (Lipinski definition) is 0. The van der Waals surface area contributed by atoms with Gasteiger partial charge in [0.15, 0.2) is 0 Å². The van der Waals surface area contributed by atoms with E-state index in [0.29, 0.717) is 23.1 Å². The predicted octanol–water partition coefficient (Wildman–Crippen LogP) is 2.75. The molecule has 0 saturated carbocycles. The largest absolute Gasteiger partial charge is 0.372 e. The van der Waals surface area contributed by atoms with E-state index >= 15 is 0 Å². The molecule has 2 heterocycles. The zero-order valence-corrected chi connectivity index (χ0v) is 16.2. The third-order valence-corrected chi connectivity index (χ3v) is 5.98. The summed E-state index contributed by atoms with van der Waals surface area (Å²) < 4.78 is 6.39. The zero-order chi connectivity index (χ0) is 18.1. The van der Waals surface area contributed by atoms with Crippen LogP contribution in [0.4, 0.5) is 5.69 Å². The van der Waals surface area contributed by atoms with E-state index in [1.54, 1.807) is 0 Å². The van der Waals surface area contributed by atoms with Gasteiger partial charge in [0.1, 0.15) is 9.57 Å². The molecule has 0 bridgehead atoms. The smallest absolute Gasteiger partial charge is 0.247 e. The molecule has 1 aromatic rings. The fourth-order valence-electron chi connectivity index (χ4n) is 3.18. The molecular weight excluding hydrogens is 356 g/mol. The number of carbonyl (C=O) groups excluding carboxylic acids is 2. The number of aryl methyl sites for hydroxylation is 1. The first-order chi connectivity index (χ1) is 11.8. The van der Waals surface area contributed by atoms with E-state index in [1.807, 2.05) is 45.0 Å². The molecule has 1 aromatic carbocycles. The van der Waals surface area contributed by atoms with Crippen molar-refractivity contribution < 1.29 is 14.3 Å². The molecule has 5 nitrogen and oxygen atoms in total. The minimum Gasteiger partial charge on any atom is -0.372 e. The molecule has 0 aromatic heterocycles. The summed E-state index contributed by atoms with van der Waals surface area (Å²) in [5.41, 5.74) is 1.72. The van der Waals surface area contributed by atoms with Gasteiger partial charge in [0.25, 0.3) is 0 Å². The number of hydrogen-bond acceptors (Lipinski definition) is 5. The normalized spacial score (nSPS) is 27.1. The number of rotatable bonds is 2. The Balaban J connectivity index is 1.68. The van der Waals surface area contributed by atoms with E-state index in [4.69, 9.17) is 17.0 Å². The van der Waals surface area contributed by atoms with Crippen LogP contribution in [-0.4, -0.2) is 51.6 Å². The average molecular weight is 379 g/mol. The van der Waals surface area contributed by atoms with Crippen LogP contribution >= 0.6 is 24.0 Å². The number of amides is 2. The third kappa shape index (κ3) is 4.04. The number of benzene rings is 1. The second kappa shape index (κ2) is 7.43. The molecule has 2 aliphatic rings. The quantitative estimate of drug-likeness (QED) is 0.583. The predicted molar refractivity (Wildman–Crippen MR) is 104 cm³/mol. The fourth-order valence-corrected chi connectivity index (χ4v) is 4.66. The maximum absolute atomic E-state index is 12.7. The van der Waals surface area contributed by atoms with Crippen LogP contribution in [0.5, 0.6) is 0 Å². The van der Waals surface area contributed by atoms with Crippen LogP contribution in [0.3, 0.4) is 0 Å². The van der Waals surface area contributed by atoms with Crippen LogP contribution in [0.25, 0.3) is 0 Å². The van der Waals surface area contributed by atoms with Crippen molar-refractivity contribution in [1.82, 2.24) is 4.90 Å². The third-order valence-electron chi connectivity index (χ3n) is 4.32. The molecule has 3 rings (SSSR count). The molecule has 7 heteroatoms.